The Morgan fingerprint density at radius 3 is 2.90 bits per heavy atom. The van der Waals surface area contributed by atoms with Gasteiger partial charge in [0.25, 0.3) is 0 Å². The van der Waals surface area contributed by atoms with Crippen LogP contribution in [0.4, 0.5) is 17.5 Å². The van der Waals surface area contributed by atoms with Gasteiger partial charge in [-0.2, -0.15) is 4.98 Å². The minimum Gasteiger partial charge on any atom is -0.379 e. The summed E-state index contributed by atoms with van der Waals surface area (Å²) in [7, 11) is 0. The Hall–Kier alpha value is -2.97. The van der Waals surface area contributed by atoms with Crippen LogP contribution in [0, 0.1) is 0 Å². The molecular formula is C21H27N7O. The Morgan fingerprint density at radius 1 is 1.10 bits per heavy atom. The predicted molar refractivity (Wildman–Crippen MR) is 113 cm³/mol. The van der Waals surface area contributed by atoms with E-state index in [0.717, 1.165) is 63.9 Å². The number of hydrogen-bond acceptors (Lipinski definition) is 7. The SMILES string of the molecule is c1cc(Cn2ccnc2)cc(Nc2nccc(NCCCN3CCOCC3)n2)c1. The van der Waals surface area contributed by atoms with Crippen molar-refractivity contribution in [2.24, 2.45) is 0 Å². The van der Waals surface area contributed by atoms with Crippen LogP contribution in [0.2, 0.25) is 0 Å². The maximum atomic E-state index is 5.39. The van der Waals surface area contributed by atoms with Crippen molar-refractivity contribution in [2.45, 2.75) is 13.0 Å². The van der Waals surface area contributed by atoms with Gasteiger partial charge in [0.05, 0.1) is 19.5 Å². The number of nitrogens with one attached hydrogen (secondary N) is 2. The van der Waals surface area contributed by atoms with E-state index in [0.29, 0.717) is 5.95 Å². The van der Waals surface area contributed by atoms with Crippen molar-refractivity contribution < 1.29 is 4.74 Å². The third-order valence-electron chi connectivity index (χ3n) is 4.82. The molecule has 152 valence electrons. The molecule has 1 aliphatic heterocycles. The van der Waals surface area contributed by atoms with Gasteiger partial charge in [-0.3, -0.25) is 4.90 Å². The van der Waals surface area contributed by atoms with E-state index in [9.17, 15) is 0 Å². The molecule has 0 radical (unpaired) electrons. The average Bonchev–Trinajstić information content (AvgIpc) is 3.26. The van der Waals surface area contributed by atoms with E-state index in [1.807, 2.05) is 35.3 Å². The number of aromatic nitrogens is 4. The lowest BCUT2D eigenvalue weighted by atomic mass is 10.2. The zero-order valence-corrected chi connectivity index (χ0v) is 16.5. The van der Waals surface area contributed by atoms with Crippen LogP contribution in [0.15, 0.2) is 55.2 Å². The molecule has 0 aliphatic carbocycles. The van der Waals surface area contributed by atoms with Gasteiger partial charge in [-0.15, -0.1) is 0 Å². The third kappa shape index (κ3) is 6.00. The molecule has 2 aromatic heterocycles. The molecule has 0 amide bonds. The second-order valence-corrected chi connectivity index (χ2v) is 7.06. The van der Waals surface area contributed by atoms with Gasteiger partial charge in [-0.05, 0) is 36.7 Å². The van der Waals surface area contributed by atoms with Gasteiger partial charge in [-0.25, -0.2) is 9.97 Å². The van der Waals surface area contributed by atoms with E-state index in [2.05, 4.69) is 42.6 Å². The second-order valence-electron chi connectivity index (χ2n) is 7.06. The fourth-order valence-corrected chi connectivity index (χ4v) is 3.33. The molecule has 1 fully saturated rings. The summed E-state index contributed by atoms with van der Waals surface area (Å²) in [6.45, 7) is 6.49. The highest BCUT2D eigenvalue weighted by molar-refractivity contribution is 5.55. The number of rotatable bonds is 9. The van der Waals surface area contributed by atoms with E-state index < -0.39 is 0 Å². The first kappa shape index (κ1) is 19.4. The van der Waals surface area contributed by atoms with Crippen LogP contribution >= 0.6 is 0 Å². The molecule has 1 aliphatic rings. The Morgan fingerprint density at radius 2 is 2.03 bits per heavy atom. The number of imidazole rings is 1. The highest BCUT2D eigenvalue weighted by Crippen LogP contribution is 2.16. The molecule has 1 aromatic carbocycles. The Labute approximate surface area is 171 Å². The van der Waals surface area contributed by atoms with Crippen LogP contribution < -0.4 is 10.6 Å². The monoisotopic (exact) mass is 393 g/mol. The molecule has 0 unspecified atom stereocenters. The molecule has 3 aromatic rings. The first-order chi connectivity index (χ1) is 14.3. The average molecular weight is 393 g/mol. The van der Waals surface area contributed by atoms with Gasteiger partial charge in [0.2, 0.25) is 5.95 Å². The van der Waals surface area contributed by atoms with E-state index in [1.165, 1.54) is 5.56 Å². The van der Waals surface area contributed by atoms with Crippen molar-refractivity contribution in [2.75, 3.05) is 50.0 Å². The minimum atomic E-state index is 0.586. The summed E-state index contributed by atoms with van der Waals surface area (Å²) in [6, 6.07) is 10.1. The first-order valence-electron chi connectivity index (χ1n) is 10.0. The van der Waals surface area contributed by atoms with Crippen LogP contribution in [0.5, 0.6) is 0 Å². The highest BCUT2D eigenvalue weighted by Gasteiger charge is 2.09. The molecule has 29 heavy (non-hydrogen) atoms. The van der Waals surface area contributed by atoms with Crippen molar-refractivity contribution in [3.8, 4) is 0 Å². The first-order valence-corrected chi connectivity index (χ1v) is 10.0. The molecule has 0 saturated carbocycles. The summed E-state index contributed by atoms with van der Waals surface area (Å²) in [5, 5.41) is 6.69. The molecule has 0 spiro atoms. The normalized spacial score (nSPS) is 14.6. The Balaban J connectivity index is 1.28. The number of hydrogen-bond donors (Lipinski definition) is 2. The summed E-state index contributed by atoms with van der Waals surface area (Å²) in [6.07, 6.45) is 8.41. The maximum Gasteiger partial charge on any atom is 0.229 e. The quantitative estimate of drug-likeness (QED) is 0.541. The number of nitrogens with zero attached hydrogens (tertiary/aromatic N) is 5. The van der Waals surface area contributed by atoms with Crippen LogP contribution in [-0.2, 0) is 11.3 Å². The van der Waals surface area contributed by atoms with Crippen LogP contribution in [0.3, 0.4) is 0 Å². The van der Waals surface area contributed by atoms with Crippen molar-refractivity contribution in [1.29, 1.82) is 0 Å². The molecule has 8 nitrogen and oxygen atoms in total. The number of benzene rings is 1. The minimum absolute atomic E-state index is 0.586. The van der Waals surface area contributed by atoms with E-state index in [1.54, 1.807) is 12.4 Å². The largest absolute Gasteiger partial charge is 0.379 e. The van der Waals surface area contributed by atoms with Crippen LogP contribution in [-0.4, -0.2) is 63.8 Å². The lowest BCUT2D eigenvalue weighted by Gasteiger charge is -2.26. The highest BCUT2D eigenvalue weighted by atomic mass is 16.5. The van der Waals surface area contributed by atoms with Crippen LogP contribution in [0.25, 0.3) is 0 Å². The van der Waals surface area contributed by atoms with Crippen molar-refractivity contribution in [1.82, 2.24) is 24.4 Å². The summed E-state index contributed by atoms with van der Waals surface area (Å²) < 4.78 is 7.42. The van der Waals surface area contributed by atoms with E-state index >= 15 is 0 Å². The van der Waals surface area contributed by atoms with Gasteiger partial charge in [0, 0.05) is 50.5 Å². The molecule has 3 heterocycles. The van der Waals surface area contributed by atoms with Gasteiger partial charge in [-0.1, -0.05) is 12.1 Å². The van der Waals surface area contributed by atoms with Crippen molar-refractivity contribution in [3.63, 3.8) is 0 Å². The molecule has 0 atom stereocenters. The van der Waals surface area contributed by atoms with Crippen LogP contribution in [0.1, 0.15) is 12.0 Å². The van der Waals surface area contributed by atoms with Crippen molar-refractivity contribution >= 4 is 17.5 Å². The molecule has 8 heteroatoms. The predicted octanol–water partition coefficient (Wildman–Crippen LogP) is 2.60. The zero-order valence-electron chi connectivity index (χ0n) is 16.5. The zero-order chi connectivity index (χ0) is 19.7. The standard InChI is InChI=1S/C21H27N7O/c1-3-18(16-28-10-8-22-17-28)15-19(4-1)25-21-24-7-5-20(26-21)23-6-2-9-27-11-13-29-14-12-27/h1,3-5,7-8,10,15,17H,2,6,9,11-14,16H2,(H2,23,24,25,26). The molecule has 0 bridgehead atoms. The summed E-state index contributed by atoms with van der Waals surface area (Å²) >= 11 is 0. The fraction of sp³-hybridized carbons (Fsp3) is 0.381. The summed E-state index contributed by atoms with van der Waals surface area (Å²) in [5.74, 6) is 1.42. The molecule has 4 rings (SSSR count). The number of anilines is 3. The third-order valence-corrected chi connectivity index (χ3v) is 4.82. The lowest BCUT2D eigenvalue weighted by molar-refractivity contribution is 0.0378. The Bertz CT molecular complexity index is 878. The molecule has 2 N–H and O–H groups in total. The maximum absolute atomic E-state index is 5.39. The second kappa shape index (κ2) is 9.99. The summed E-state index contributed by atoms with van der Waals surface area (Å²) in [4.78, 5) is 15.4. The van der Waals surface area contributed by atoms with Gasteiger partial charge in [0.1, 0.15) is 5.82 Å². The smallest absolute Gasteiger partial charge is 0.229 e. The topological polar surface area (TPSA) is 80.1 Å². The summed E-state index contributed by atoms with van der Waals surface area (Å²) in [5.41, 5.74) is 2.15. The number of ether oxygens (including phenoxy) is 1. The van der Waals surface area contributed by atoms with Gasteiger partial charge < -0.3 is 19.9 Å². The Kier molecular flexibility index (Phi) is 6.67. The van der Waals surface area contributed by atoms with Gasteiger partial charge in [0.15, 0.2) is 0 Å². The van der Waals surface area contributed by atoms with Crippen molar-refractivity contribution in [3.05, 3.63) is 60.8 Å². The molecule has 1 saturated heterocycles. The van der Waals surface area contributed by atoms with Gasteiger partial charge >= 0.3 is 0 Å². The number of morpholine rings is 1. The lowest BCUT2D eigenvalue weighted by Crippen LogP contribution is -2.37. The fourth-order valence-electron chi connectivity index (χ4n) is 3.33. The van der Waals surface area contributed by atoms with E-state index in [4.69, 9.17) is 4.74 Å². The van der Waals surface area contributed by atoms with E-state index in [-0.39, 0.29) is 0 Å². The molecular weight excluding hydrogens is 366 g/mol.